The summed E-state index contributed by atoms with van der Waals surface area (Å²) in [6, 6.07) is 4.62. The standard InChI is InChI=1S/C44H62N4O9S/c1-10-28-19-27(2)13-11-12-14-29-23-44(29,41(52)46-58(53,54)43(6)17-18-43)24-37(49)35-21-31(26-48(35)40(51)33(28)22-38(50)57-42(3,4)5)56-39-32-16-15-30(55-9)20-34(32)36(25-45-39)47(7)8/h12,14-16,20,25,27-29,31,33,35H,10-11,13,17-19,21-24,26H2,1-9H3,(H,46,52)/b14-12-/t27-,28-,29-,31-,33+,35+,44-/m1/s1. The maximum atomic E-state index is 15.1. The number of methoxy groups -OCH3 is 1. The fraction of sp³-hybridized carbons (Fsp3) is 0.659. The van der Waals surface area contributed by atoms with Crippen molar-refractivity contribution in [3.63, 3.8) is 0 Å². The quantitative estimate of drug-likeness (QED) is 0.209. The van der Waals surface area contributed by atoms with Crippen molar-refractivity contribution in [1.29, 1.82) is 0 Å². The zero-order chi connectivity index (χ0) is 42.4. The monoisotopic (exact) mass is 822 g/mol. The first kappa shape index (κ1) is 43.4. The minimum absolute atomic E-state index is 0.0517. The minimum atomic E-state index is -3.96. The van der Waals surface area contributed by atoms with Crippen molar-refractivity contribution < 1.29 is 41.8 Å². The van der Waals surface area contributed by atoms with E-state index in [0.717, 1.165) is 29.3 Å². The summed E-state index contributed by atoms with van der Waals surface area (Å²) in [5, 5.41) is 1.58. The van der Waals surface area contributed by atoms with Crippen molar-refractivity contribution in [2.24, 2.45) is 29.1 Å². The number of ether oxygens (including phenoxy) is 3. The lowest BCUT2D eigenvalue weighted by Crippen LogP contribution is -2.48. The lowest BCUT2D eigenvalue weighted by molar-refractivity contribution is -0.160. The summed E-state index contributed by atoms with van der Waals surface area (Å²) in [6.07, 6.45) is 8.90. The second-order valence-electron chi connectivity index (χ2n) is 18.6. The Morgan fingerprint density at radius 2 is 1.83 bits per heavy atom. The van der Waals surface area contributed by atoms with Crippen LogP contribution in [0.1, 0.15) is 106 Å². The Bertz CT molecular complexity index is 2060. The van der Waals surface area contributed by atoms with Gasteiger partial charge in [-0.2, -0.15) is 0 Å². The summed E-state index contributed by atoms with van der Waals surface area (Å²) < 4.78 is 45.8. The average molecular weight is 823 g/mol. The van der Waals surface area contributed by atoms with Gasteiger partial charge in [-0.25, -0.2) is 13.4 Å². The van der Waals surface area contributed by atoms with Gasteiger partial charge in [-0.3, -0.25) is 23.9 Å². The number of Topliss-reactive ketones (excluding diaryl/α,β-unsaturated/α-hetero) is 1. The number of ketones is 1. The van der Waals surface area contributed by atoms with E-state index in [-0.39, 0.29) is 55.3 Å². The fourth-order valence-electron chi connectivity index (χ4n) is 8.82. The summed E-state index contributed by atoms with van der Waals surface area (Å²) in [5.41, 5.74) is -1.18. The molecule has 58 heavy (non-hydrogen) atoms. The van der Waals surface area contributed by atoms with Crippen LogP contribution < -0.4 is 19.1 Å². The highest BCUT2D eigenvalue weighted by Gasteiger charge is 2.62. The molecule has 2 aromatic rings. The number of aromatic nitrogens is 1. The Morgan fingerprint density at radius 1 is 1.10 bits per heavy atom. The molecule has 7 atom stereocenters. The Hall–Kier alpha value is -4.20. The number of fused-ring (bicyclic) bond motifs is 3. The van der Waals surface area contributed by atoms with Crippen molar-refractivity contribution in [3.8, 4) is 11.6 Å². The van der Waals surface area contributed by atoms with E-state index in [9.17, 15) is 22.8 Å². The lowest BCUT2D eigenvalue weighted by Gasteiger charge is -2.33. The second-order valence-corrected chi connectivity index (χ2v) is 20.8. The third kappa shape index (κ3) is 9.16. The Morgan fingerprint density at radius 3 is 2.47 bits per heavy atom. The van der Waals surface area contributed by atoms with Gasteiger partial charge in [-0.1, -0.05) is 32.4 Å². The number of pyridine rings is 1. The van der Waals surface area contributed by atoms with Gasteiger partial charge in [-0.15, -0.1) is 0 Å². The molecular weight excluding hydrogens is 761 g/mol. The summed E-state index contributed by atoms with van der Waals surface area (Å²) in [4.78, 5) is 65.6. The zero-order valence-electron chi connectivity index (χ0n) is 35.6. The number of hydrogen-bond acceptors (Lipinski definition) is 11. The van der Waals surface area contributed by atoms with Crippen molar-refractivity contribution in [1.82, 2.24) is 14.6 Å². The molecule has 4 aliphatic rings. The van der Waals surface area contributed by atoms with E-state index in [2.05, 4.69) is 16.6 Å². The number of sulfonamides is 1. The topological polar surface area (TPSA) is 162 Å². The number of allylic oxidation sites excluding steroid dienone is 2. The number of hydrogen-bond donors (Lipinski definition) is 1. The first-order valence-corrected chi connectivity index (χ1v) is 22.3. The van der Waals surface area contributed by atoms with E-state index in [0.29, 0.717) is 43.7 Å². The number of benzene rings is 1. The van der Waals surface area contributed by atoms with Crippen LogP contribution in [0.3, 0.4) is 0 Å². The minimum Gasteiger partial charge on any atom is -0.497 e. The number of rotatable bonds is 10. The first-order valence-electron chi connectivity index (χ1n) is 20.8. The normalized spacial score (nSPS) is 29.3. The lowest BCUT2D eigenvalue weighted by atomic mass is 9.79. The van der Waals surface area contributed by atoms with Crippen LogP contribution in [0.2, 0.25) is 0 Å². The van der Waals surface area contributed by atoms with Gasteiger partial charge < -0.3 is 24.0 Å². The molecule has 0 radical (unpaired) electrons. The average Bonchev–Trinajstić information content (AvgIpc) is 4.03. The van der Waals surface area contributed by atoms with Crippen LogP contribution in [0.15, 0.2) is 36.5 Å². The molecule has 2 aliphatic carbocycles. The summed E-state index contributed by atoms with van der Waals surface area (Å²) in [5.74, 6) is -1.89. The highest BCUT2D eigenvalue weighted by molar-refractivity contribution is 7.91. The fourth-order valence-corrected chi connectivity index (χ4v) is 10.2. The predicted octanol–water partition coefficient (Wildman–Crippen LogP) is 6.37. The van der Waals surface area contributed by atoms with E-state index >= 15 is 4.79 Å². The van der Waals surface area contributed by atoms with E-state index in [1.165, 1.54) is 0 Å². The van der Waals surface area contributed by atoms with E-state index in [1.54, 1.807) is 45.9 Å². The van der Waals surface area contributed by atoms with E-state index in [1.807, 2.05) is 56.3 Å². The number of carbonyl (C=O) groups excluding carboxylic acids is 4. The number of carbonyl (C=O) groups is 4. The molecule has 1 aromatic carbocycles. The number of nitrogens with one attached hydrogen (secondary N) is 1. The van der Waals surface area contributed by atoms with Crippen LogP contribution in [-0.4, -0.2) is 92.1 Å². The number of nitrogens with zero attached hydrogens (tertiary/aromatic N) is 3. The van der Waals surface area contributed by atoms with E-state index < -0.39 is 55.7 Å². The Kier molecular flexibility index (Phi) is 12.3. The van der Waals surface area contributed by atoms with E-state index in [4.69, 9.17) is 14.2 Å². The highest BCUT2D eigenvalue weighted by atomic mass is 32.2. The van der Waals surface area contributed by atoms with Gasteiger partial charge >= 0.3 is 5.97 Å². The Balaban J connectivity index is 1.38. The smallest absolute Gasteiger partial charge is 0.307 e. The van der Waals surface area contributed by atoms with Crippen LogP contribution in [0.5, 0.6) is 11.6 Å². The maximum Gasteiger partial charge on any atom is 0.307 e. The summed E-state index contributed by atoms with van der Waals surface area (Å²) >= 11 is 0. The third-order valence-electron chi connectivity index (χ3n) is 12.7. The summed E-state index contributed by atoms with van der Waals surface area (Å²) in [7, 11) is 1.48. The molecule has 13 nitrogen and oxygen atoms in total. The van der Waals surface area contributed by atoms with Crippen LogP contribution in [0.4, 0.5) is 5.69 Å². The molecule has 2 amide bonds. The zero-order valence-corrected chi connectivity index (χ0v) is 36.4. The molecule has 1 aromatic heterocycles. The molecule has 2 saturated carbocycles. The largest absolute Gasteiger partial charge is 0.497 e. The molecule has 3 fully saturated rings. The molecule has 318 valence electrons. The molecule has 6 rings (SSSR count). The van der Waals surface area contributed by atoms with Crippen LogP contribution in [0.25, 0.3) is 10.8 Å². The maximum absolute atomic E-state index is 15.1. The number of esters is 1. The number of anilines is 1. The first-order chi connectivity index (χ1) is 27.2. The number of amides is 2. The predicted molar refractivity (Wildman–Crippen MR) is 222 cm³/mol. The molecule has 3 heterocycles. The van der Waals surface area contributed by atoms with Crippen LogP contribution >= 0.6 is 0 Å². The van der Waals surface area contributed by atoms with Gasteiger partial charge in [0.05, 0.1) is 54.1 Å². The van der Waals surface area contributed by atoms with Gasteiger partial charge in [0.25, 0.3) is 0 Å². The van der Waals surface area contributed by atoms with Crippen LogP contribution in [-0.2, 0) is 33.9 Å². The van der Waals surface area contributed by atoms with Crippen molar-refractivity contribution in [3.05, 3.63) is 36.5 Å². The molecule has 0 spiro atoms. The molecule has 0 bridgehead atoms. The van der Waals surface area contributed by atoms with Gasteiger partial charge in [-0.05, 0) is 102 Å². The van der Waals surface area contributed by atoms with Gasteiger partial charge in [0.15, 0.2) is 5.78 Å². The summed E-state index contributed by atoms with van der Waals surface area (Å²) in [6.45, 7) is 11.2. The third-order valence-corrected chi connectivity index (χ3v) is 14.9. The highest BCUT2D eigenvalue weighted by Crippen LogP contribution is 2.58. The van der Waals surface area contributed by atoms with Crippen molar-refractivity contribution in [2.75, 3.05) is 32.6 Å². The Labute approximate surface area is 343 Å². The molecule has 0 unspecified atom stereocenters. The molecule has 1 N–H and O–H groups in total. The second kappa shape index (κ2) is 16.5. The molecule has 14 heteroatoms. The SMILES string of the molecule is CC[C@@H]1C[C@H](C)CC/C=C\[C@@H]2C[C@@]2(C(=O)NS(=O)(=O)C2(C)CC2)CC(=O)[C@@H]2C[C@@H](Oc3ncc(N(C)C)c4cc(OC)ccc34)CN2C(=O)[C@H]1CC(=O)OC(C)(C)C. The van der Waals surface area contributed by atoms with Crippen LogP contribution in [0, 0.1) is 29.1 Å². The molecule has 1 saturated heterocycles. The van der Waals surface area contributed by atoms with Gasteiger partial charge in [0.1, 0.15) is 17.5 Å². The van der Waals surface area contributed by atoms with Crippen molar-refractivity contribution >= 4 is 50.1 Å². The molecule has 2 aliphatic heterocycles. The molecular formula is C44H62N4O9S. The van der Waals surface area contributed by atoms with Gasteiger partial charge in [0, 0.05) is 37.7 Å². The van der Waals surface area contributed by atoms with Gasteiger partial charge in [0.2, 0.25) is 27.7 Å². The van der Waals surface area contributed by atoms with Crippen molar-refractivity contribution in [2.45, 2.75) is 128 Å².